The van der Waals surface area contributed by atoms with E-state index in [1.54, 1.807) is 25.1 Å². The summed E-state index contributed by atoms with van der Waals surface area (Å²) in [5.74, 6) is 0.103. The van der Waals surface area contributed by atoms with Gasteiger partial charge < -0.3 is 10.2 Å². The van der Waals surface area contributed by atoms with Crippen molar-refractivity contribution in [3.05, 3.63) is 24.3 Å². The third-order valence-electron chi connectivity index (χ3n) is 2.77. The molecule has 0 atom stereocenters. The SMILES string of the molecule is CCC1=Nc2ccccc2[N+]1(C(=O)O)C(=O)O. The monoisotopic (exact) mass is 235 g/mol. The quantitative estimate of drug-likeness (QED) is 0.732. The largest absolute Gasteiger partial charge is 0.536 e. The van der Waals surface area contributed by atoms with Crippen molar-refractivity contribution in [2.24, 2.45) is 4.99 Å². The van der Waals surface area contributed by atoms with Crippen molar-refractivity contribution in [3.63, 3.8) is 0 Å². The summed E-state index contributed by atoms with van der Waals surface area (Å²) < 4.78 is -1.24. The van der Waals surface area contributed by atoms with E-state index in [1.165, 1.54) is 6.07 Å². The number of amidine groups is 1. The maximum absolute atomic E-state index is 11.4. The molecule has 6 heteroatoms. The van der Waals surface area contributed by atoms with Gasteiger partial charge in [-0.1, -0.05) is 19.1 Å². The van der Waals surface area contributed by atoms with Crippen LogP contribution in [-0.2, 0) is 0 Å². The van der Waals surface area contributed by atoms with Crippen molar-refractivity contribution in [1.29, 1.82) is 0 Å². The minimum absolute atomic E-state index is 0.103. The maximum Gasteiger partial charge on any atom is 0.536 e. The standard InChI is InChI=1S/C11H10N2O4/c1-2-9-12-7-5-3-4-6-8(7)13(9,10(14)15)11(16)17/h3-6H,2H2,1H3,(H-,14,15,16,17)/p+1. The van der Waals surface area contributed by atoms with Gasteiger partial charge >= 0.3 is 12.2 Å². The third-order valence-corrected chi connectivity index (χ3v) is 2.77. The highest BCUT2D eigenvalue weighted by Gasteiger charge is 2.57. The van der Waals surface area contributed by atoms with E-state index < -0.39 is 16.7 Å². The van der Waals surface area contributed by atoms with Gasteiger partial charge in [0.2, 0.25) is 5.84 Å². The lowest BCUT2D eigenvalue weighted by Gasteiger charge is -2.21. The van der Waals surface area contributed by atoms with Gasteiger partial charge in [0.1, 0.15) is 5.69 Å². The van der Waals surface area contributed by atoms with Crippen LogP contribution in [0.15, 0.2) is 29.3 Å². The number of benzene rings is 1. The fourth-order valence-electron chi connectivity index (χ4n) is 2.02. The molecule has 0 saturated heterocycles. The van der Waals surface area contributed by atoms with Crippen LogP contribution in [0.5, 0.6) is 0 Å². The number of rotatable bonds is 1. The number of carboxylic acid groups (broad SMARTS) is 2. The number of aliphatic imine (C=N–C) groups is 1. The molecule has 2 rings (SSSR count). The molecule has 0 unspecified atom stereocenters. The van der Waals surface area contributed by atoms with E-state index in [2.05, 4.69) is 4.99 Å². The summed E-state index contributed by atoms with van der Waals surface area (Å²) in [6, 6.07) is 6.38. The van der Waals surface area contributed by atoms with Crippen molar-refractivity contribution >= 4 is 29.4 Å². The number of amides is 2. The summed E-state index contributed by atoms with van der Waals surface area (Å²) >= 11 is 0. The topological polar surface area (TPSA) is 87.0 Å². The molecule has 88 valence electrons. The number of imide groups is 1. The Morgan fingerprint density at radius 1 is 1.24 bits per heavy atom. The van der Waals surface area contributed by atoms with Crippen molar-refractivity contribution < 1.29 is 19.8 Å². The fourth-order valence-corrected chi connectivity index (χ4v) is 2.02. The van der Waals surface area contributed by atoms with Crippen LogP contribution in [0.1, 0.15) is 13.3 Å². The molecule has 2 N–H and O–H groups in total. The van der Waals surface area contributed by atoms with Gasteiger partial charge in [0, 0.05) is 12.5 Å². The van der Waals surface area contributed by atoms with Gasteiger partial charge in [-0.25, -0.2) is 0 Å². The van der Waals surface area contributed by atoms with E-state index >= 15 is 0 Å². The molecule has 1 aromatic carbocycles. The van der Waals surface area contributed by atoms with Crippen LogP contribution in [0.2, 0.25) is 0 Å². The van der Waals surface area contributed by atoms with Gasteiger partial charge in [0.05, 0.1) is 0 Å². The molecule has 0 aliphatic carbocycles. The van der Waals surface area contributed by atoms with Crippen LogP contribution in [0.3, 0.4) is 0 Å². The van der Waals surface area contributed by atoms with Crippen LogP contribution in [0, 0.1) is 0 Å². The lowest BCUT2D eigenvalue weighted by atomic mass is 10.2. The molecule has 0 spiro atoms. The second kappa shape index (κ2) is 3.67. The van der Waals surface area contributed by atoms with Crippen molar-refractivity contribution in [2.75, 3.05) is 0 Å². The second-order valence-electron chi connectivity index (χ2n) is 3.61. The molecule has 1 heterocycles. The number of nitrogens with zero attached hydrogens (tertiary/aromatic N) is 2. The summed E-state index contributed by atoms with van der Waals surface area (Å²) in [5.41, 5.74) is 0.568. The zero-order valence-electron chi connectivity index (χ0n) is 9.12. The van der Waals surface area contributed by atoms with E-state index in [1.807, 2.05) is 0 Å². The van der Waals surface area contributed by atoms with Gasteiger partial charge in [-0.15, -0.1) is 0 Å². The van der Waals surface area contributed by atoms with Crippen molar-refractivity contribution in [1.82, 2.24) is 4.48 Å². The lowest BCUT2D eigenvalue weighted by molar-refractivity contribution is 0.146. The molecule has 6 nitrogen and oxygen atoms in total. The molecule has 0 radical (unpaired) electrons. The first-order chi connectivity index (χ1) is 8.05. The highest BCUT2D eigenvalue weighted by atomic mass is 16.4. The molecular formula is C11H11N2O4+. The van der Waals surface area contributed by atoms with Crippen LogP contribution in [-0.4, -0.2) is 28.2 Å². The first kappa shape index (κ1) is 11.3. The van der Waals surface area contributed by atoms with Gasteiger partial charge in [-0.05, 0) is 10.5 Å². The fraction of sp³-hybridized carbons (Fsp3) is 0.182. The van der Waals surface area contributed by atoms with Gasteiger partial charge in [-0.2, -0.15) is 14.6 Å². The van der Waals surface area contributed by atoms with Crippen molar-refractivity contribution in [3.8, 4) is 0 Å². The molecule has 1 aromatic rings. The average Bonchev–Trinajstić information content (AvgIpc) is 2.63. The predicted molar refractivity (Wildman–Crippen MR) is 61.7 cm³/mol. The minimum Gasteiger partial charge on any atom is -0.434 e. The first-order valence-electron chi connectivity index (χ1n) is 5.09. The van der Waals surface area contributed by atoms with E-state index in [-0.39, 0.29) is 17.9 Å². The zero-order valence-corrected chi connectivity index (χ0v) is 9.12. The van der Waals surface area contributed by atoms with E-state index in [4.69, 9.17) is 0 Å². The van der Waals surface area contributed by atoms with Gasteiger partial charge in [0.15, 0.2) is 5.69 Å². The number of hydrogen-bond donors (Lipinski definition) is 2. The lowest BCUT2D eigenvalue weighted by Crippen LogP contribution is -2.59. The summed E-state index contributed by atoms with van der Waals surface area (Å²) in [6.45, 7) is 1.68. The number of fused-ring (bicyclic) bond motifs is 1. The number of carbonyl (C=O) groups is 2. The molecule has 0 aromatic heterocycles. The average molecular weight is 235 g/mol. The van der Waals surface area contributed by atoms with Crippen LogP contribution >= 0.6 is 0 Å². The molecule has 17 heavy (non-hydrogen) atoms. The minimum atomic E-state index is -1.46. The Balaban J connectivity index is 2.78. The van der Waals surface area contributed by atoms with E-state index in [0.717, 1.165) is 0 Å². The Bertz CT molecular complexity index is 522. The molecule has 1 aliphatic rings. The van der Waals surface area contributed by atoms with Gasteiger partial charge in [0.25, 0.3) is 0 Å². The normalized spacial score (nSPS) is 16.2. The smallest absolute Gasteiger partial charge is 0.434 e. The number of quaternary nitrogens is 1. The molecule has 0 saturated carbocycles. The molecule has 0 fully saturated rings. The van der Waals surface area contributed by atoms with Crippen LogP contribution in [0.25, 0.3) is 0 Å². The Morgan fingerprint density at radius 3 is 2.35 bits per heavy atom. The Kier molecular flexibility index (Phi) is 2.44. The van der Waals surface area contributed by atoms with E-state index in [0.29, 0.717) is 5.69 Å². The van der Waals surface area contributed by atoms with Crippen molar-refractivity contribution in [2.45, 2.75) is 13.3 Å². The van der Waals surface area contributed by atoms with Crippen LogP contribution < -0.4 is 4.48 Å². The number of hydrogen-bond acceptors (Lipinski definition) is 3. The van der Waals surface area contributed by atoms with Crippen LogP contribution in [0.4, 0.5) is 21.0 Å². The highest BCUT2D eigenvalue weighted by molar-refractivity contribution is 6.26. The molecule has 0 bridgehead atoms. The second-order valence-corrected chi connectivity index (χ2v) is 3.61. The predicted octanol–water partition coefficient (Wildman–Crippen LogP) is 2.80. The highest BCUT2D eigenvalue weighted by Crippen LogP contribution is 2.41. The maximum atomic E-state index is 11.4. The zero-order chi connectivity index (χ0) is 12.6. The third kappa shape index (κ3) is 1.27. The molecular weight excluding hydrogens is 224 g/mol. The first-order valence-corrected chi connectivity index (χ1v) is 5.09. The summed E-state index contributed by atoms with van der Waals surface area (Å²) in [5, 5.41) is 18.6. The van der Waals surface area contributed by atoms with Gasteiger partial charge in [-0.3, -0.25) is 0 Å². The van der Waals surface area contributed by atoms with E-state index in [9.17, 15) is 19.8 Å². The Labute approximate surface area is 97.0 Å². The molecule has 1 aliphatic heterocycles. The summed E-state index contributed by atoms with van der Waals surface area (Å²) in [7, 11) is 0. The summed E-state index contributed by atoms with van der Waals surface area (Å²) in [4.78, 5) is 26.9. The Morgan fingerprint density at radius 2 is 1.82 bits per heavy atom. The number of para-hydroxylation sites is 2. The Hall–Kier alpha value is -2.21. The molecule has 2 amide bonds. The summed E-state index contributed by atoms with van der Waals surface area (Å²) in [6.07, 6.45) is -2.65.